The molecule has 1 amide bonds. The Morgan fingerprint density at radius 2 is 1.88 bits per heavy atom. The van der Waals surface area contributed by atoms with E-state index < -0.39 is 0 Å². The maximum Gasteiger partial charge on any atom is 0.244 e. The summed E-state index contributed by atoms with van der Waals surface area (Å²) in [5.41, 5.74) is 4.19. The highest BCUT2D eigenvalue weighted by atomic mass is 32.2. The zero-order valence-corrected chi connectivity index (χ0v) is 18.5. The number of rotatable bonds is 6. The third kappa shape index (κ3) is 4.43. The summed E-state index contributed by atoms with van der Waals surface area (Å²) in [4.78, 5) is 17.3. The zero-order valence-electron chi connectivity index (χ0n) is 17.7. The van der Waals surface area contributed by atoms with E-state index in [1.54, 1.807) is 24.0 Å². The van der Waals surface area contributed by atoms with Crippen molar-refractivity contribution in [3.05, 3.63) is 78.1 Å². The van der Waals surface area contributed by atoms with E-state index in [4.69, 9.17) is 9.47 Å². The third-order valence-electron chi connectivity index (χ3n) is 5.30. The van der Waals surface area contributed by atoms with Crippen LogP contribution in [0.25, 0.3) is 10.9 Å². The van der Waals surface area contributed by atoms with E-state index in [9.17, 15) is 4.79 Å². The van der Waals surface area contributed by atoms with Crippen LogP contribution >= 0.6 is 11.8 Å². The molecule has 0 fully saturated rings. The number of nitrogens with zero attached hydrogens (tertiary/aromatic N) is 2. The molecule has 0 bridgehead atoms. The SMILES string of the molecule is Cc1ccc(CSc2nccc3c2ccn3CC(=O)Nc2ccc3c(c2)OCCO3)cc1. The van der Waals surface area contributed by atoms with E-state index in [0.29, 0.717) is 30.4 Å². The van der Waals surface area contributed by atoms with Crippen molar-refractivity contribution >= 4 is 34.3 Å². The molecule has 162 valence electrons. The molecule has 0 radical (unpaired) electrons. The average molecular weight is 446 g/mol. The van der Waals surface area contributed by atoms with Gasteiger partial charge in [0.2, 0.25) is 5.91 Å². The Bertz CT molecular complexity index is 1270. The average Bonchev–Trinajstić information content (AvgIpc) is 3.22. The first-order chi connectivity index (χ1) is 15.7. The molecule has 7 heteroatoms. The van der Waals surface area contributed by atoms with Gasteiger partial charge in [-0.1, -0.05) is 29.8 Å². The van der Waals surface area contributed by atoms with E-state index in [1.165, 1.54) is 11.1 Å². The molecule has 0 unspecified atom stereocenters. The van der Waals surface area contributed by atoms with Crippen LogP contribution in [-0.4, -0.2) is 28.7 Å². The van der Waals surface area contributed by atoms with Crippen LogP contribution in [0.5, 0.6) is 11.5 Å². The number of aromatic nitrogens is 2. The largest absolute Gasteiger partial charge is 0.486 e. The topological polar surface area (TPSA) is 65.4 Å². The zero-order chi connectivity index (χ0) is 21.9. The van der Waals surface area contributed by atoms with Crippen LogP contribution in [0, 0.1) is 6.92 Å². The van der Waals surface area contributed by atoms with Gasteiger partial charge >= 0.3 is 0 Å². The highest BCUT2D eigenvalue weighted by Crippen LogP contribution is 2.33. The van der Waals surface area contributed by atoms with Gasteiger partial charge in [0.05, 0.1) is 5.52 Å². The Morgan fingerprint density at radius 3 is 2.72 bits per heavy atom. The van der Waals surface area contributed by atoms with Crippen LogP contribution < -0.4 is 14.8 Å². The van der Waals surface area contributed by atoms with Crippen LogP contribution in [0.3, 0.4) is 0 Å². The number of ether oxygens (including phenoxy) is 2. The number of nitrogens with one attached hydrogen (secondary N) is 1. The van der Waals surface area contributed by atoms with Gasteiger partial charge in [0.25, 0.3) is 0 Å². The Hall–Kier alpha value is -3.45. The van der Waals surface area contributed by atoms with Crippen LogP contribution in [0.1, 0.15) is 11.1 Å². The monoisotopic (exact) mass is 445 g/mol. The van der Waals surface area contributed by atoms with Crippen molar-refractivity contribution in [3.63, 3.8) is 0 Å². The minimum absolute atomic E-state index is 0.107. The fourth-order valence-corrected chi connectivity index (χ4v) is 4.62. The quantitative estimate of drug-likeness (QED) is 0.421. The van der Waals surface area contributed by atoms with Gasteiger partial charge in [0.1, 0.15) is 24.8 Å². The third-order valence-corrected chi connectivity index (χ3v) is 6.37. The molecule has 0 saturated heterocycles. The Labute approximate surface area is 190 Å². The molecule has 0 saturated carbocycles. The molecule has 4 aromatic rings. The van der Waals surface area contributed by atoms with Crippen molar-refractivity contribution in [2.24, 2.45) is 0 Å². The fraction of sp³-hybridized carbons (Fsp3) is 0.200. The molecule has 2 aromatic heterocycles. The Kier molecular flexibility index (Phi) is 5.73. The summed E-state index contributed by atoms with van der Waals surface area (Å²) < 4.78 is 13.1. The molecule has 32 heavy (non-hydrogen) atoms. The van der Waals surface area contributed by atoms with Gasteiger partial charge < -0.3 is 19.4 Å². The minimum atomic E-state index is -0.107. The van der Waals surface area contributed by atoms with E-state index in [2.05, 4.69) is 41.5 Å². The van der Waals surface area contributed by atoms with Crippen LogP contribution in [0.4, 0.5) is 5.69 Å². The number of aryl methyl sites for hydroxylation is 1. The molecule has 6 nitrogen and oxygen atoms in total. The van der Waals surface area contributed by atoms with Crippen molar-refractivity contribution < 1.29 is 14.3 Å². The number of hydrogen-bond acceptors (Lipinski definition) is 5. The lowest BCUT2D eigenvalue weighted by Crippen LogP contribution is -2.19. The van der Waals surface area contributed by atoms with Gasteiger partial charge in [-0.05, 0) is 36.8 Å². The molecule has 0 atom stereocenters. The maximum absolute atomic E-state index is 12.7. The van der Waals surface area contributed by atoms with E-state index in [1.807, 2.05) is 35.0 Å². The number of anilines is 1. The molecule has 0 aliphatic carbocycles. The molecular weight excluding hydrogens is 422 g/mol. The molecule has 1 aliphatic rings. The lowest BCUT2D eigenvalue weighted by molar-refractivity contribution is -0.116. The van der Waals surface area contributed by atoms with Gasteiger partial charge in [-0.2, -0.15) is 0 Å². The summed E-state index contributed by atoms with van der Waals surface area (Å²) in [6, 6.07) is 18.0. The molecule has 3 heterocycles. The number of carbonyl (C=O) groups excluding carboxylic acids is 1. The summed E-state index contributed by atoms with van der Waals surface area (Å²) in [7, 11) is 0. The highest BCUT2D eigenvalue weighted by Gasteiger charge is 2.14. The van der Waals surface area contributed by atoms with Gasteiger partial charge in [0, 0.05) is 35.3 Å². The van der Waals surface area contributed by atoms with Gasteiger partial charge in [-0.15, -0.1) is 11.8 Å². The predicted molar refractivity (Wildman–Crippen MR) is 127 cm³/mol. The minimum Gasteiger partial charge on any atom is -0.486 e. The van der Waals surface area contributed by atoms with E-state index >= 15 is 0 Å². The van der Waals surface area contributed by atoms with Crippen LogP contribution in [0.2, 0.25) is 0 Å². The summed E-state index contributed by atoms with van der Waals surface area (Å²) in [5.74, 6) is 2.10. The first-order valence-corrected chi connectivity index (χ1v) is 11.5. The highest BCUT2D eigenvalue weighted by molar-refractivity contribution is 7.98. The lowest BCUT2D eigenvalue weighted by Gasteiger charge is -2.19. The van der Waals surface area contributed by atoms with Crippen molar-refractivity contribution in [2.75, 3.05) is 18.5 Å². The fourth-order valence-electron chi connectivity index (χ4n) is 3.66. The smallest absolute Gasteiger partial charge is 0.244 e. The molecule has 5 rings (SSSR count). The summed E-state index contributed by atoms with van der Waals surface area (Å²) in [6.07, 6.45) is 3.74. The Morgan fingerprint density at radius 1 is 1.06 bits per heavy atom. The number of pyridine rings is 1. The van der Waals surface area contributed by atoms with Crippen molar-refractivity contribution in [1.82, 2.24) is 9.55 Å². The normalized spacial score (nSPS) is 12.7. The number of carbonyl (C=O) groups is 1. The van der Waals surface area contributed by atoms with Gasteiger partial charge in [-0.3, -0.25) is 4.79 Å². The predicted octanol–water partition coefficient (Wildman–Crippen LogP) is 5.05. The molecule has 1 aliphatic heterocycles. The number of hydrogen-bond donors (Lipinski definition) is 1. The van der Waals surface area contributed by atoms with E-state index in [-0.39, 0.29) is 12.5 Å². The Balaban J connectivity index is 1.28. The number of thioether (sulfide) groups is 1. The number of fused-ring (bicyclic) bond motifs is 2. The summed E-state index contributed by atoms with van der Waals surface area (Å²) >= 11 is 1.71. The first-order valence-electron chi connectivity index (χ1n) is 10.5. The standard InChI is InChI=1S/C25H23N3O3S/c1-17-2-4-18(5-3-17)16-32-25-20-9-11-28(21(20)8-10-26-25)15-24(29)27-19-6-7-22-23(14-19)31-13-12-30-22/h2-11,14H,12-13,15-16H2,1H3,(H,27,29). The van der Waals surface area contributed by atoms with Crippen LogP contribution in [0.15, 0.2) is 72.0 Å². The lowest BCUT2D eigenvalue weighted by atomic mass is 10.2. The van der Waals surface area contributed by atoms with E-state index in [0.717, 1.165) is 21.7 Å². The first kappa shape index (κ1) is 20.5. The molecule has 0 spiro atoms. The molecule has 2 aromatic carbocycles. The van der Waals surface area contributed by atoms with Crippen LogP contribution in [-0.2, 0) is 17.1 Å². The summed E-state index contributed by atoms with van der Waals surface area (Å²) in [6.45, 7) is 3.35. The second kappa shape index (κ2) is 8.96. The van der Waals surface area contributed by atoms with Crippen molar-refractivity contribution in [2.45, 2.75) is 24.2 Å². The molecular formula is C25H23N3O3S. The van der Waals surface area contributed by atoms with Gasteiger partial charge in [0.15, 0.2) is 11.5 Å². The van der Waals surface area contributed by atoms with Crippen molar-refractivity contribution in [3.8, 4) is 11.5 Å². The maximum atomic E-state index is 12.7. The summed E-state index contributed by atoms with van der Waals surface area (Å²) in [5, 5.41) is 4.96. The number of benzene rings is 2. The molecule has 1 N–H and O–H groups in total. The number of amides is 1. The second-order valence-corrected chi connectivity index (χ2v) is 8.64. The second-order valence-electron chi connectivity index (χ2n) is 7.67. The van der Waals surface area contributed by atoms with Crippen molar-refractivity contribution in [1.29, 1.82) is 0 Å². The van der Waals surface area contributed by atoms with Gasteiger partial charge in [-0.25, -0.2) is 4.98 Å².